The number of alkyl halides is 3. The summed E-state index contributed by atoms with van der Waals surface area (Å²) in [5, 5.41) is 2.35. The molecule has 8 heteroatoms. The third-order valence-corrected chi connectivity index (χ3v) is 5.36. The lowest BCUT2D eigenvalue weighted by Gasteiger charge is -2.14. The van der Waals surface area contributed by atoms with Crippen molar-refractivity contribution in [2.24, 2.45) is 5.73 Å². The summed E-state index contributed by atoms with van der Waals surface area (Å²) in [6, 6.07) is 14.0. The number of nitrogens with two attached hydrogens (primary N) is 1. The number of hydrogen-bond acceptors (Lipinski definition) is 4. The van der Waals surface area contributed by atoms with Crippen LogP contribution in [0.1, 0.15) is 26.5 Å². The number of hydrogen-bond donors (Lipinski definition) is 1. The van der Waals surface area contributed by atoms with Gasteiger partial charge in [0.2, 0.25) is 5.91 Å². The second-order valence-electron chi connectivity index (χ2n) is 6.44. The first kappa shape index (κ1) is 19.1. The molecule has 0 atom stereocenters. The third-order valence-electron chi connectivity index (χ3n) is 4.70. The zero-order chi connectivity index (χ0) is 20.6. The van der Waals surface area contributed by atoms with E-state index in [0.29, 0.717) is 17.5 Å². The maximum atomic E-state index is 12.9. The Kier molecular flexibility index (Phi) is 4.79. The summed E-state index contributed by atoms with van der Waals surface area (Å²) in [5.74, 6) is -0.550. The van der Waals surface area contributed by atoms with E-state index in [4.69, 9.17) is 5.73 Å². The maximum Gasteiger partial charge on any atom is 0.416 e. The third kappa shape index (κ3) is 3.71. The van der Waals surface area contributed by atoms with E-state index in [1.807, 2.05) is 18.2 Å². The SMILES string of the molecule is NC(=O)c1ccc2c(-c3ccc(C(F)(F)F)cc3)cccc2c1Cc1ncns1. The van der Waals surface area contributed by atoms with Crippen molar-refractivity contribution in [3.63, 3.8) is 0 Å². The Morgan fingerprint density at radius 3 is 2.38 bits per heavy atom. The summed E-state index contributed by atoms with van der Waals surface area (Å²) in [5.41, 5.74) is 7.39. The van der Waals surface area contributed by atoms with Gasteiger partial charge in [-0.25, -0.2) is 4.98 Å². The van der Waals surface area contributed by atoms with Gasteiger partial charge in [-0.15, -0.1) is 0 Å². The van der Waals surface area contributed by atoms with E-state index in [1.165, 1.54) is 30.0 Å². The van der Waals surface area contributed by atoms with Gasteiger partial charge in [0, 0.05) is 12.0 Å². The Bertz CT molecular complexity index is 1190. The molecular weight excluding hydrogens is 399 g/mol. The highest BCUT2D eigenvalue weighted by Gasteiger charge is 2.30. The molecule has 0 aliphatic carbocycles. The second-order valence-corrected chi connectivity index (χ2v) is 7.31. The molecule has 29 heavy (non-hydrogen) atoms. The number of benzene rings is 3. The fourth-order valence-electron chi connectivity index (χ4n) is 3.36. The van der Waals surface area contributed by atoms with Gasteiger partial charge in [-0.05, 0) is 57.2 Å². The summed E-state index contributed by atoms with van der Waals surface area (Å²) < 4.78 is 42.6. The molecule has 0 bridgehead atoms. The highest BCUT2D eigenvalue weighted by Crippen LogP contribution is 2.35. The quantitative estimate of drug-likeness (QED) is 0.508. The van der Waals surface area contributed by atoms with Crippen LogP contribution >= 0.6 is 11.5 Å². The van der Waals surface area contributed by atoms with Crippen molar-refractivity contribution < 1.29 is 18.0 Å². The minimum Gasteiger partial charge on any atom is -0.366 e. The number of aromatic nitrogens is 2. The number of fused-ring (bicyclic) bond motifs is 1. The molecular formula is C21H14F3N3OS. The molecule has 0 unspecified atom stereocenters. The predicted molar refractivity (Wildman–Crippen MR) is 106 cm³/mol. The standard InChI is InChI=1S/C21H14F3N3OS/c22-21(23,24)13-6-4-12(5-7-13)14-2-1-3-15-16(14)8-9-17(20(25)28)18(15)10-19-26-11-27-29-19/h1-9,11H,10H2,(H2,25,28). The molecule has 0 saturated carbocycles. The lowest BCUT2D eigenvalue weighted by atomic mass is 9.91. The minimum atomic E-state index is -4.39. The summed E-state index contributed by atoms with van der Waals surface area (Å²) in [4.78, 5) is 16.1. The van der Waals surface area contributed by atoms with E-state index in [-0.39, 0.29) is 0 Å². The van der Waals surface area contributed by atoms with Gasteiger partial charge in [0.15, 0.2) is 0 Å². The van der Waals surface area contributed by atoms with Crippen molar-refractivity contribution in [3.8, 4) is 11.1 Å². The summed E-state index contributed by atoms with van der Waals surface area (Å²) in [7, 11) is 0. The van der Waals surface area contributed by atoms with E-state index in [0.717, 1.165) is 39.0 Å². The van der Waals surface area contributed by atoms with Gasteiger partial charge in [0.25, 0.3) is 0 Å². The van der Waals surface area contributed by atoms with Crippen LogP contribution in [0.25, 0.3) is 21.9 Å². The molecule has 0 saturated heterocycles. The maximum absolute atomic E-state index is 12.9. The van der Waals surface area contributed by atoms with Crippen molar-refractivity contribution in [2.45, 2.75) is 12.6 Å². The Labute approximate surface area is 168 Å². The molecule has 0 spiro atoms. The number of nitrogens with zero attached hydrogens (tertiary/aromatic N) is 2. The van der Waals surface area contributed by atoms with Crippen LogP contribution in [0.3, 0.4) is 0 Å². The number of halogens is 3. The molecule has 1 heterocycles. The van der Waals surface area contributed by atoms with E-state index < -0.39 is 17.6 Å². The van der Waals surface area contributed by atoms with E-state index in [2.05, 4.69) is 9.36 Å². The van der Waals surface area contributed by atoms with Gasteiger partial charge in [-0.1, -0.05) is 36.4 Å². The Morgan fingerprint density at radius 2 is 1.76 bits per heavy atom. The van der Waals surface area contributed by atoms with Gasteiger partial charge in [-0.3, -0.25) is 4.79 Å². The predicted octanol–water partition coefficient (Wildman–Crippen LogP) is 5.07. The van der Waals surface area contributed by atoms with Crippen molar-refractivity contribution >= 4 is 28.2 Å². The fraction of sp³-hybridized carbons (Fsp3) is 0.0952. The molecule has 0 fully saturated rings. The summed E-state index contributed by atoms with van der Waals surface area (Å²) in [6.45, 7) is 0. The lowest BCUT2D eigenvalue weighted by molar-refractivity contribution is -0.137. The molecule has 1 aromatic heterocycles. The smallest absolute Gasteiger partial charge is 0.366 e. The number of rotatable bonds is 4. The lowest BCUT2D eigenvalue weighted by Crippen LogP contribution is -2.14. The first-order valence-corrected chi connectivity index (χ1v) is 9.39. The highest BCUT2D eigenvalue weighted by atomic mass is 32.1. The molecule has 0 radical (unpaired) electrons. The molecule has 1 amide bonds. The van der Waals surface area contributed by atoms with E-state index in [1.54, 1.807) is 12.1 Å². The average Bonchev–Trinajstić information content (AvgIpc) is 3.20. The Hall–Kier alpha value is -3.26. The van der Waals surface area contributed by atoms with Gasteiger partial charge < -0.3 is 5.73 Å². The molecule has 2 N–H and O–H groups in total. The van der Waals surface area contributed by atoms with Gasteiger partial charge >= 0.3 is 6.18 Å². The number of carbonyl (C=O) groups excluding carboxylic acids is 1. The van der Waals surface area contributed by atoms with Crippen LogP contribution in [0.2, 0.25) is 0 Å². The van der Waals surface area contributed by atoms with Crippen LogP contribution in [-0.4, -0.2) is 15.3 Å². The van der Waals surface area contributed by atoms with Gasteiger partial charge in [-0.2, -0.15) is 17.5 Å². The topological polar surface area (TPSA) is 68.9 Å². The largest absolute Gasteiger partial charge is 0.416 e. The first-order chi connectivity index (χ1) is 13.8. The zero-order valence-corrected chi connectivity index (χ0v) is 15.7. The van der Waals surface area contributed by atoms with Crippen LogP contribution in [0.15, 0.2) is 60.9 Å². The van der Waals surface area contributed by atoms with Crippen molar-refractivity contribution in [3.05, 3.63) is 82.6 Å². The highest BCUT2D eigenvalue weighted by molar-refractivity contribution is 7.05. The summed E-state index contributed by atoms with van der Waals surface area (Å²) in [6.07, 6.45) is -2.55. The molecule has 4 aromatic rings. The van der Waals surface area contributed by atoms with Crippen LogP contribution < -0.4 is 5.73 Å². The second kappa shape index (κ2) is 7.29. The molecule has 4 nitrogen and oxygen atoms in total. The normalized spacial score (nSPS) is 11.7. The Morgan fingerprint density at radius 1 is 1.00 bits per heavy atom. The first-order valence-electron chi connectivity index (χ1n) is 8.62. The molecule has 3 aromatic carbocycles. The number of primary amides is 1. The van der Waals surface area contributed by atoms with Crippen LogP contribution in [0.5, 0.6) is 0 Å². The van der Waals surface area contributed by atoms with E-state index in [9.17, 15) is 18.0 Å². The summed E-state index contributed by atoms with van der Waals surface area (Å²) >= 11 is 1.23. The van der Waals surface area contributed by atoms with Crippen molar-refractivity contribution in [1.82, 2.24) is 9.36 Å². The fourth-order valence-corrected chi connectivity index (χ4v) is 3.88. The van der Waals surface area contributed by atoms with Gasteiger partial charge in [0.05, 0.1) is 5.56 Å². The van der Waals surface area contributed by atoms with Crippen molar-refractivity contribution in [1.29, 1.82) is 0 Å². The molecule has 4 rings (SSSR count). The number of carbonyl (C=O) groups is 1. The molecule has 146 valence electrons. The number of amides is 1. The van der Waals surface area contributed by atoms with Gasteiger partial charge in [0.1, 0.15) is 11.3 Å². The molecule has 0 aliphatic heterocycles. The van der Waals surface area contributed by atoms with Crippen molar-refractivity contribution in [2.75, 3.05) is 0 Å². The average molecular weight is 413 g/mol. The van der Waals surface area contributed by atoms with Crippen LogP contribution in [0.4, 0.5) is 13.2 Å². The monoisotopic (exact) mass is 413 g/mol. The van der Waals surface area contributed by atoms with Crippen LogP contribution in [0, 0.1) is 0 Å². The van der Waals surface area contributed by atoms with Crippen LogP contribution in [-0.2, 0) is 12.6 Å². The minimum absolute atomic E-state index is 0.386. The van der Waals surface area contributed by atoms with E-state index >= 15 is 0 Å². The zero-order valence-electron chi connectivity index (χ0n) is 14.9. The Balaban J connectivity index is 1.88. The molecule has 0 aliphatic rings.